The fourth-order valence-electron chi connectivity index (χ4n) is 2.83. The first kappa shape index (κ1) is 18.0. The van der Waals surface area contributed by atoms with Crippen LogP contribution in [0.2, 0.25) is 0 Å². The lowest BCUT2D eigenvalue weighted by Gasteiger charge is -2.24. The van der Waals surface area contributed by atoms with Crippen LogP contribution in [-0.2, 0) is 19.1 Å². The molecule has 0 saturated heterocycles. The molecule has 1 aliphatic rings. The number of aryl methyl sites for hydroxylation is 1. The summed E-state index contributed by atoms with van der Waals surface area (Å²) < 4.78 is 10.1. The van der Waals surface area contributed by atoms with Gasteiger partial charge >= 0.3 is 5.97 Å². The molecule has 1 heterocycles. The van der Waals surface area contributed by atoms with Crippen LogP contribution in [0, 0.1) is 12.8 Å². The minimum absolute atomic E-state index is 0.0508. The Morgan fingerprint density at radius 3 is 2.54 bits per heavy atom. The second kappa shape index (κ2) is 7.94. The van der Waals surface area contributed by atoms with Gasteiger partial charge in [-0.25, -0.2) is 4.79 Å². The molecule has 0 spiro atoms. The molecule has 132 valence electrons. The summed E-state index contributed by atoms with van der Waals surface area (Å²) in [6.07, 6.45) is 2.76. The minimum atomic E-state index is -1.01. The van der Waals surface area contributed by atoms with Crippen LogP contribution in [0.25, 0.3) is 0 Å². The number of ether oxygens (including phenoxy) is 1. The predicted molar refractivity (Wildman–Crippen MR) is 85.0 cm³/mol. The number of anilines is 1. The van der Waals surface area contributed by atoms with E-state index in [2.05, 4.69) is 15.8 Å². The Labute approximate surface area is 140 Å². The third kappa shape index (κ3) is 4.81. The molecule has 24 heavy (non-hydrogen) atoms. The quantitative estimate of drug-likeness (QED) is 0.762. The molecule has 2 N–H and O–H groups in total. The highest BCUT2D eigenvalue weighted by Crippen LogP contribution is 2.28. The molecule has 1 aliphatic carbocycles. The standard InChI is InChI=1S/C16H23N3O5/c1-9-8-13(19-24-9)18-15(21)10(2)23-16(22)14(17-11(3)20)12-6-4-5-7-12/h8,10,12,14H,4-7H2,1-3H3,(H,17,20)(H,18,19,21)/t10-,14-/m0/s1. The highest BCUT2D eigenvalue weighted by molar-refractivity contribution is 5.95. The lowest BCUT2D eigenvalue weighted by Crippen LogP contribution is -2.47. The molecule has 1 saturated carbocycles. The summed E-state index contributed by atoms with van der Waals surface area (Å²) in [6, 6.07) is 0.847. The maximum atomic E-state index is 12.4. The zero-order chi connectivity index (χ0) is 17.7. The van der Waals surface area contributed by atoms with E-state index in [1.54, 1.807) is 13.0 Å². The summed E-state index contributed by atoms with van der Waals surface area (Å²) in [6.45, 7) is 4.53. The van der Waals surface area contributed by atoms with Gasteiger partial charge in [-0.3, -0.25) is 9.59 Å². The molecule has 0 unspecified atom stereocenters. The maximum Gasteiger partial charge on any atom is 0.329 e. The number of nitrogens with zero attached hydrogens (tertiary/aromatic N) is 1. The van der Waals surface area contributed by atoms with Crippen molar-refractivity contribution in [3.63, 3.8) is 0 Å². The van der Waals surface area contributed by atoms with Gasteiger partial charge in [0.1, 0.15) is 11.8 Å². The Hall–Kier alpha value is -2.38. The van der Waals surface area contributed by atoms with Crippen molar-refractivity contribution in [2.45, 2.75) is 58.6 Å². The Morgan fingerprint density at radius 2 is 2.00 bits per heavy atom. The third-order valence-electron chi connectivity index (χ3n) is 4.03. The van der Waals surface area contributed by atoms with Gasteiger partial charge in [0, 0.05) is 13.0 Å². The number of carbonyl (C=O) groups is 3. The number of aromatic nitrogens is 1. The van der Waals surface area contributed by atoms with Gasteiger partial charge < -0.3 is 19.9 Å². The first-order chi connectivity index (χ1) is 11.4. The van der Waals surface area contributed by atoms with Crippen LogP contribution in [0.4, 0.5) is 5.82 Å². The molecule has 0 aromatic carbocycles. The first-order valence-electron chi connectivity index (χ1n) is 8.08. The van der Waals surface area contributed by atoms with Gasteiger partial charge in [0.25, 0.3) is 5.91 Å². The predicted octanol–water partition coefficient (Wildman–Crippen LogP) is 1.55. The molecule has 8 nitrogen and oxygen atoms in total. The summed E-state index contributed by atoms with van der Waals surface area (Å²) in [5, 5.41) is 8.81. The maximum absolute atomic E-state index is 12.4. The van der Waals surface area contributed by atoms with Crippen LogP contribution in [0.1, 0.15) is 45.3 Å². The van der Waals surface area contributed by atoms with E-state index in [1.807, 2.05) is 0 Å². The second-order valence-electron chi connectivity index (χ2n) is 6.11. The molecular formula is C16H23N3O5. The van der Waals surface area contributed by atoms with Crippen molar-refractivity contribution in [1.82, 2.24) is 10.5 Å². The van der Waals surface area contributed by atoms with E-state index < -0.39 is 24.0 Å². The van der Waals surface area contributed by atoms with Crippen molar-refractivity contribution in [2.75, 3.05) is 5.32 Å². The molecule has 1 aromatic heterocycles. The van der Waals surface area contributed by atoms with Gasteiger partial charge in [0.15, 0.2) is 11.9 Å². The number of rotatable bonds is 6. The highest BCUT2D eigenvalue weighted by Gasteiger charge is 2.34. The van der Waals surface area contributed by atoms with Crippen molar-refractivity contribution in [3.8, 4) is 0 Å². The molecular weight excluding hydrogens is 314 g/mol. The monoisotopic (exact) mass is 337 g/mol. The van der Waals surface area contributed by atoms with E-state index in [4.69, 9.17) is 9.26 Å². The van der Waals surface area contributed by atoms with Crippen molar-refractivity contribution < 1.29 is 23.6 Å². The summed E-state index contributed by atoms with van der Waals surface area (Å²) in [5.74, 6) is -0.522. The molecule has 1 aromatic rings. The summed E-state index contributed by atoms with van der Waals surface area (Å²) >= 11 is 0. The normalized spacial score (nSPS) is 17.1. The molecule has 0 radical (unpaired) electrons. The minimum Gasteiger partial charge on any atom is -0.451 e. The van der Waals surface area contributed by atoms with Crippen LogP contribution < -0.4 is 10.6 Å². The summed E-state index contributed by atoms with van der Waals surface area (Å²) in [4.78, 5) is 35.8. The third-order valence-corrected chi connectivity index (χ3v) is 4.03. The number of esters is 1. The first-order valence-corrected chi connectivity index (χ1v) is 8.08. The van der Waals surface area contributed by atoms with Gasteiger partial charge in [-0.15, -0.1) is 0 Å². The Kier molecular flexibility index (Phi) is 5.94. The zero-order valence-electron chi connectivity index (χ0n) is 14.1. The van der Waals surface area contributed by atoms with E-state index in [0.717, 1.165) is 25.7 Å². The lowest BCUT2D eigenvalue weighted by molar-refractivity contribution is -0.157. The number of carbonyl (C=O) groups excluding carboxylic acids is 3. The second-order valence-corrected chi connectivity index (χ2v) is 6.11. The van der Waals surface area contributed by atoms with Crippen molar-refractivity contribution >= 4 is 23.6 Å². The van der Waals surface area contributed by atoms with Crippen LogP contribution in [0.3, 0.4) is 0 Å². The molecule has 1 fully saturated rings. The zero-order valence-corrected chi connectivity index (χ0v) is 14.1. The van der Waals surface area contributed by atoms with Gasteiger partial charge in [-0.2, -0.15) is 0 Å². The topological polar surface area (TPSA) is 111 Å². The van der Waals surface area contributed by atoms with Crippen molar-refractivity contribution in [2.24, 2.45) is 5.92 Å². The number of nitrogens with one attached hydrogen (secondary N) is 2. The van der Waals surface area contributed by atoms with Crippen molar-refractivity contribution in [3.05, 3.63) is 11.8 Å². The SMILES string of the molecule is CC(=O)N[C@H](C(=O)O[C@@H](C)C(=O)Nc1cc(C)on1)C1CCCC1. The van der Waals surface area contributed by atoms with Crippen LogP contribution in [-0.4, -0.2) is 35.1 Å². The summed E-state index contributed by atoms with van der Waals surface area (Å²) in [7, 11) is 0. The van der Waals surface area contributed by atoms with Crippen LogP contribution >= 0.6 is 0 Å². The van der Waals surface area contributed by atoms with E-state index in [9.17, 15) is 14.4 Å². The Morgan fingerprint density at radius 1 is 1.33 bits per heavy atom. The van der Waals surface area contributed by atoms with E-state index in [0.29, 0.717) is 5.76 Å². The fourth-order valence-corrected chi connectivity index (χ4v) is 2.83. The largest absolute Gasteiger partial charge is 0.451 e. The molecule has 2 amide bonds. The number of hydrogen-bond acceptors (Lipinski definition) is 6. The average Bonchev–Trinajstić information content (AvgIpc) is 3.16. The highest BCUT2D eigenvalue weighted by atomic mass is 16.5. The van der Waals surface area contributed by atoms with E-state index in [-0.39, 0.29) is 17.6 Å². The number of hydrogen-bond donors (Lipinski definition) is 2. The fraction of sp³-hybridized carbons (Fsp3) is 0.625. The van der Waals surface area contributed by atoms with Crippen LogP contribution in [0.15, 0.2) is 10.6 Å². The van der Waals surface area contributed by atoms with Gasteiger partial charge in [-0.05, 0) is 32.6 Å². The molecule has 8 heteroatoms. The van der Waals surface area contributed by atoms with Crippen LogP contribution in [0.5, 0.6) is 0 Å². The molecule has 0 aliphatic heterocycles. The van der Waals surface area contributed by atoms with Gasteiger partial charge in [0.05, 0.1) is 0 Å². The van der Waals surface area contributed by atoms with E-state index >= 15 is 0 Å². The molecule has 0 bridgehead atoms. The van der Waals surface area contributed by atoms with E-state index in [1.165, 1.54) is 13.8 Å². The Balaban J connectivity index is 1.94. The lowest BCUT2D eigenvalue weighted by atomic mass is 9.98. The Bertz CT molecular complexity index is 607. The average molecular weight is 337 g/mol. The van der Waals surface area contributed by atoms with Gasteiger partial charge in [-0.1, -0.05) is 18.0 Å². The summed E-state index contributed by atoms with van der Waals surface area (Å²) in [5.41, 5.74) is 0. The van der Waals surface area contributed by atoms with Gasteiger partial charge in [0.2, 0.25) is 5.91 Å². The smallest absolute Gasteiger partial charge is 0.329 e. The number of amides is 2. The molecule has 2 rings (SSSR count). The molecule has 2 atom stereocenters. The van der Waals surface area contributed by atoms with Crippen molar-refractivity contribution in [1.29, 1.82) is 0 Å².